The van der Waals surface area contributed by atoms with Crippen LogP contribution in [0.3, 0.4) is 0 Å². The van der Waals surface area contributed by atoms with Crippen molar-refractivity contribution in [2.75, 3.05) is 47.9 Å². The topological polar surface area (TPSA) is 114 Å². The molecular formula is C35H46N8S. The number of nitrogens with one attached hydrogen (secondary N) is 3. The van der Waals surface area contributed by atoms with Gasteiger partial charge in [0.05, 0.1) is 11.4 Å². The molecule has 0 bridgehead atoms. The summed E-state index contributed by atoms with van der Waals surface area (Å²) in [6, 6.07) is 26.1. The maximum atomic E-state index is 5.89. The molecule has 2 heterocycles. The van der Waals surface area contributed by atoms with Crippen LogP contribution in [0.1, 0.15) is 86.2 Å². The predicted octanol–water partition coefficient (Wildman–Crippen LogP) is 7.23. The Morgan fingerprint density at radius 2 is 1.11 bits per heavy atom. The summed E-state index contributed by atoms with van der Waals surface area (Å²) < 4.78 is 0. The average molecular weight is 611 g/mol. The van der Waals surface area contributed by atoms with Gasteiger partial charge in [0.1, 0.15) is 10.8 Å². The van der Waals surface area contributed by atoms with E-state index in [1.165, 1.54) is 11.1 Å². The lowest BCUT2D eigenvalue weighted by Crippen LogP contribution is -2.41. The fraction of sp³-hybridized carbons (Fsp3) is 0.429. The van der Waals surface area contributed by atoms with Gasteiger partial charge < -0.3 is 21.7 Å². The first kappa shape index (κ1) is 31.7. The van der Waals surface area contributed by atoms with Gasteiger partial charge in [0.15, 0.2) is 0 Å². The molecule has 2 unspecified atom stereocenters. The number of benzene rings is 2. The summed E-state index contributed by atoms with van der Waals surface area (Å²) in [5, 5.41) is 11.4. The minimum atomic E-state index is 0.124. The molecule has 0 saturated heterocycles. The summed E-state index contributed by atoms with van der Waals surface area (Å²) in [7, 11) is 0. The highest BCUT2D eigenvalue weighted by Gasteiger charge is 2.54. The first-order chi connectivity index (χ1) is 21.7. The Morgan fingerprint density at radius 1 is 0.614 bits per heavy atom. The third-order valence-electron chi connectivity index (χ3n) is 8.06. The molecule has 2 aromatic heterocycles. The number of hydrogen-bond donors (Lipinski definition) is 4. The number of anilines is 3. The van der Waals surface area contributed by atoms with Crippen molar-refractivity contribution in [3.63, 3.8) is 0 Å². The summed E-state index contributed by atoms with van der Waals surface area (Å²) in [4.78, 5) is 20.0. The molecule has 4 aromatic rings. The van der Waals surface area contributed by atoms with Crippen LogP contribution in [0, 0.1) is 0 Å². The summed E-state index contributed by atoms with van der Waals surface area (Å²) >= 11 is 1.69. The second kappa shape index (κ2) is 15.9. The van der Waals surface area contributed by atoms with Crippen LogP contribution in [0.2, 0.25) is 0 Å². The smallest absolute Gasteiger partial charge is 0.224 e. The molecule has 0 amide bonds. The van der Waals surface area contributed by atoms with Crippen molar-refractivity contribution in [2.24, 2.45) is 5.73 Å². The summed E-state index contributed by atoms with van der Waals surface area (Å²) in [6.07, 6.45) is 3.03. The zero-order chi connectivity index (χ0) is 30.7. The molecule has 1 aliphatic rings. The Morgan fingerprint density at radius 3 is 1.64 bits per heavy atom. The molecule has 2 aromatic carbocycles. The molecular weight excluding hydrogens is 565 g/mol. The Labute approximate surface area is 266 Å². The molecule has 1 saturated carbocycles. The predicted molar refractivity (Wildman–Crippen MR) is 184 cm³/mol. The van der Waals surface area contributed by atoms with Crippen molar-refractivity contribution in [3.05, 3.63) is 95.3 Å². The molecule has 9 heteroatoms. The van der Waals surface area contributed by atoms with Crippen LogP contribution >= 0.6 is 11.8 Å². The summed E-state index contributed by atoms with van der Waals surface area (Å²) in [5.74, 6) is 3.62. The molecule has 44 heavy (non-hydrogen) atoms. The van der Waals surface area contributed by atoms with E-state index in [2.05, 4.69) is 110 Å². The number of rotatable bonds is 16. The van der Waals surface area contributed by atoms with Crippen molar-refractivity contribution >= 4 is 29.5 Å². The highest BCUT2D eigenvalue weighted by atomic mass is 32.2. The van der Waals surface area contributed by atoms with Gasteiger partial charge in [-0.25, -0.2) is 15.0 Å². The third-order valence-corrected chi connectivity index (χ3v) is 9.00. The van der Waals surface area contributed by atoms with Gasteiger partial charge in [0, 0.05) is 61.7 Å². The molecule has 5 rings (SSSR count). The Kier molecular flexibility index (Phi) is 11.4. The normalized spacial score (nSPS) is 19.3. The third kappa shape index (κ3) is 7.50. The maximum Gasteiger partial charge on any atom is 0.224 e. The monoisotopic (exact) mass is 610 g/mol. The second-order valence-electron chi connectivity index (χ2n) is 11.3. The van der Waals surface area contributed by atoms with Gasteiger partial charge >= 0.3 is 0 Å². The molecule has 2 atom stereocenters. The molecule has 8 nitrogen and oxygen atoms in total. The van der Waals surface area contributed by atoms with Gasteiger partial charge in [0.2, 0.25) is 11.9 Å². The van der Waals surface area contributed by atoms with E-state index in [1.54, 1.807) is 11.8 Å². The molecule has 232 valence electrons. The molecule has 0 aliphatic heterocycles. The lowest BCUT2D eigenvalue weighted by atomic mass is 9.50. The molecule has 0 radical (unpaired) electrons. The number of thioether (sulfide) groups is 1. The zero-order valence-electron chi connectivity index (χ0n) is 26.2. The Bertz CT molecular complexity index is 1280. The van der Waals surface area contributed by atoms with E-state index < -0.39 is 0 Å². The standard InChI is InChI=1S/C35H46N8S/c1-4-18-37-28-22-26(40-34(42-28)38-19-5-2)32-30(24-13-9-7-10-14-24)33(31(32)25-15-11-8-12-16-25)27-23-29(44-21-17-36)43-35(41-27)39-20-6-3/h7-16,22-23,30-33H,4-6,17-21,36H2,1-3H3,(H,39,41,43)(H2,37,38,40,42). The van der Waals surface area contributed by atoms with E-state index >= 15 is 0 Å². The SMILES string of the molecule is CCCNc1cc(C2C(c3ccccc3)C(c3cc(SCCN)nc(NCCC)n3)C2c2ccccc2)nc(NCCC)n1. The van der Waals surface area contributed by atoms with Crippen LogP contribution in [0.5, 0.6) is 0 Å². The van der Waals surface area contributed by atoms with Crippen LogP contribution in [0.4, 0.5) is 17.7 Å². The van der Waals surface area contributed by atoms with Crippen molar-refractivity contribution in [3.8, 4) is 0 Å². The zero-order valence-corrected chi connectivity index (χ0v) is 27.0. The van der Waals surface area contributed by atoms with Gasteiger partial charge in [0.25, 0.3) is 0 Å². The van der Waals surface area contributed by atoms with Gasteiger partial charge in [-0.2, -0.15) is 4.98 Å². The second-order valence-corrected chi connectivity index (χ2v) is 12.4. The van der Waals surface area contributed by atoms with Gasteiger partial charge in [-0.1, -0.05) is 81.4 Å². The van der Waals surface area contributed by atoms with Crippen molar-refractivity contribution < 1.29 is 0 Å². The van der Waals surface area contributed by atoms with Crippen LogP contribution in [-0.2, 0) is 0 Å². The number of aromatic nitrogens is 4. The van der Waals surface area contributed by atoms with Crippen molar-refractivity contribution in [2.45, 2.75) is 68.7 Å². The van der Waals surface area contributed by atoms with Crippen LogP contribution < -0.4 is 21.7 Å². The van der Waals surface area contributed by atoms with E-state index in [0.29, 0.717) is 18.4 Å². The quantitative estimate of drug-likeness (QED) is 0.0770. The number of nitrogens with two attached hydrogens (primary N) is 1. The average Bonchev–Trinajstić information content (AvgIpc) is 3.05. The van der Waals surface area contributed by atoms with Crippen LogP contribution in [-0.4, -0.2) is 51.9 Å². The summed E-state index contributed by atoms with van der Waals surface area (Å²) in [6.45, 7) is 9.59. The lowest BCUT2D eigenvalue weighted by Gasteiger charge is -2.52. The highest BCUT2D eigenvalue weighted by molar-refractivity contribution is 7.99. The highest BCUT2D eigenvalue weighted by Crippen LogP contribution is 2.66. The fourth-order valence-electron chi connectivity index (χ4n) is 6.13. The van der Waals surface area contributed by atoms with Crippen molar-refractivity contribution in [1.82, 2.24) is 19.9 Å². The molecule has 1 aliphatic carbocycles. The van der Waals surface area contributed by atoms with E-state index in [4.69, 9.17) is 25.7 Å². The van der Waals surface area contributed by atoms with E-state index in [-0.39, 0.29) is 23.7 Å². The van der Waals surface area contributed by atoms with E-state index in [1.807, 2.05) is 0 Å². The first-order valence-electron chi connectivity index (χ1n) is 16.1. The first-order valence-corrected chi connectivity index (χ1v) is 17.1. The number of nitrogens with zero attached hydrogens (tertiary/aromatic N) is 4. The lowest BCUT2D eigenvalue weighted by molar-refractivity contribution is 0.220. The largest absolute Gasteiger partial charge is 0.370 e. The fourth-order valence-corrected chi connectivity index (χ4v) is 6.81. The maximum absolute atomic E-state index is 5.89. The van der Waals surface area contributed by atoms with Crippen LogP contribution in [0.25, 0.3) is 0 Å². The van der Waals surface area contributed by atoms with Gasteiger partial charge in [-0.15, -0.1) is 11.8 Å². The van der Waals surface area contributed by atoms with E-state index in [9.17, 15) is 0 Å². The van der Waals surface area contributed by atoms with Crippen molar-refractivity contribution in [1.29, 1.82) is 0 Å². The van der Waals surface area contributed by atoms with Crippen LogP contribution in [0.15, 0.2) is 77.8 Å². The van der Waals surface area contributed by atoms with E-state index in [0.717, 1.165) is 66.9 Å². The Balaban J connectivity index is 1.67. The van der Waals surface area contributed by atoms with Gasteiger partial charge in [-0.05, 0) is 36.5 Å². The molecule has 5 N–H and O–H groups in total. The number of hydrogen-bond acceptors (Lipinski definition) is 9. The minimum Gasteiger partial charge on any atom is -0.370 e. The molecule has 1 fully saturated rings. The minimum absolute atomic E-state index is 0.124. The summed E-state index contributed by atoms with van der Waals surface area (Å²) in [5.41, 5.74) is 10.6. The Hall–Kier alpha value is -3.69. The molecule has 0 spiro atoms. The van der Waals surface area contributed by atoms with Gasteiger partial charge in [-0.3, -0.25) is 0 Å².